The van der Waals surface area contributed by atoms with Crippen LogP contribution in [0.1, 0.15) is 12.1 Å². The van der Waals surface area contributed by atoms with E-state index in [1.54, 1.807) is 0 Å². The van der Waals surface area contributed by atoms with E-state index < -0.39 is 11.9 Å². The van der Waals surface area contributed by atoms with Gasteiger partial charge in [0.25, 0.3) is 5.88 Å². The number of anilines is 1. The van der Waals surface area contributed by atoms with E-state index in [9.17, 15) is 13.2 Å². The zero-order valence-electron chi connectivity index (χ0n) is 10.1. The number of ether oxygens (including phenoxy) is 1. The van der Waals surface area contributed by atoms with E-state index in [-0.39, 0.29) is 11.9 Å². The molecule has 0 amide bonds. The van der Waals surface area contributed by atoms with Gasteiger partial charge in [-0.05, 0) is 0 Å². The molecule has 104 valence electrons. The van der Waals surface area contributed by atoms with Crippen LogP contribution in [0.15, 0.2) is 6.20 Å². The smallest absolute Gasteiger partial charge is 0.435 e. The third-order valence-corrected chi connectivity index (χ3v) is 3.32. The summed E-state index contributed by atoms with van der Waals surface area (Å²) in [5.74, 6) is 0.399. The van der Waals surface area contributed by atoms with Crippen LogP contribution in [0.25, 0.3) is 0 Å². The fourth-order valence-corrected chi connectivity index (χ4v) is 2.39. The molecule has 1 atom stereocenters. The first-order chi connectivity index (χ1) is 9.05. The summed E-state index contributed by atoms with van der Waals surface area (Å²) in [6, 6.07) is 0.195. The van der Waals surface area contributed by atoms with Gasteiger partial charge in [0.1, 0.15) is 0 Å². The first kappa shape index (κ1) is 12.5. The number of hydrogen-bond acceptors (Lipinski definition) is 5. The van der Waals surface area contributed by atoms with Crippen molar-refractivity contribution in [3.05, 3.63) is 11.9 Å². The molecule has 0 radical (unpaired) electrons. The fourth-order valence-electron chi connectivity index (χ4n) is 2.39. The Morgan fingerprint density at radius 2 is 2.26 bits per heavy atom. The van der Waals surface area contributed by atoms with Gasteiger partial charge < -0.3 is 15.0 Å². The lowest BCUT2D eigenvalue weighted by Gasteiger charge is -2.35. The second kappa shape index (κ2) is 4.52. The molecule has 2 aliphatic heterocycles. The quantitative estimate of drug-likeness (QED) is 0.766. The number of fused-ring (bicyclic) bond motifs is 3. The third kappa shape index (κ3) is 2.32. The highest BCUT2D eigenvalue weighted by atomic mass is 19.4. The number of nitrogens with zero attached hydrogens (tertiary/aromatic N) is 3. The lowest BCUT2D eigenvalue weighted by atomic mass is 10.1. The van der Waals surface area contributed by atoms with Crippen LogP contribution in [-0.4, -0.2) is 42.3 Å². The number of hydrogen-bond donors (Lipinski definition) is 1. The van der Waals surface area contributed by atoms with E-state index >= 15 is 0 Å². The lowest BCUT2D eigenvalue weighted by molar-refractivity contribution is -0.141. The van der Waals surface area contributed by atoms with Gasteiger partial charge in [0.05, 0.1) is 12.8 Å². The van der Waals surface area contributed by atoms with Crippen molar-refractivity contribution >= 4 is 5.82 Å². The summed E-state index contributed by atoms with van der Waals surface area (Å²) < 4.78 is 43.2. The van der Waals surface area contributed by atoms with E-state index in [1.165, 1.54) is 0 Å². The molecule has 1 aromatic heterocycles. The third-order valence-electron chi connectivity index (χ3n) is 3.32. The van der Waals surface area contributed by atoms with Crippen LogP contribution in [-0.2, 0) is 6.18 Å². The Kier molecular flexibility index (Phi) is 2.96. The van der Waals surface area contributed by atoms with E-state index in [1.807, 2.05) is 4.90 Å². The van der Waals surface area contributed by atoms with E-state index in [2.05, 4.69) is 15.3 Å². The monoisotopic (exact) mass is 274 g/mol. The SMILES string of the molecule is FC(F)(F)c1cnc2c(n1)OCCC1CNCCN21. The van der Waals surface area contributed by atoms with Crippen LogP contribution in [0, 0.1) is 0 Å². The van der Waals surface area contributed by atoms with Crippen molar-refractivity contribution in [3.63, 3.8) is 0 Å². The predicted octanol–water partition coefficient (Wildman–Crippen LogP) is 1.06. The summed E-state index contributed by atoms with van der Waals surface area (Å²) in [5, 5.41) is 3.25. The van der Waals surface area contributed by atoms with Crippen LogP contribution in [0.4, 0.5) is 19.0 Å². The minimum Gasteiger partial charge on any atom is -0.475 e. The van der Waals surface area contributed by atoms with Gasteiger partial charge >= 0.3 is 6.18 Å². The molecule has 3 rings (SSSR count). The average molecular weight is 274 g/mol. The second-order valence-corrected chi connectivity index (χ2v) is 4.57. The van der Waals surface area contributed by atoms with Crippen molar-refractivity contribution in [2.24, 2.45) is 0 Å². The highest BCUT2D eigenvalue weighted by Gasteiger charge is 2.36. The number of alkyl halides is 3. The Balaban J connectivity index is 1.99. The molecule has 0 aromatic carbocycles. The van der Waals surface area contributed by atoms with Crippen molar-refractivity contribution in [1.82, 2.24) is 15.3 Å². The molecule has 0 bridgehead atoms. The largest absolute Gasteiger partial charge is 0.475 e. The molecule has 0 spiro atoms. The molecule has 19 heavy (non-hydrogen) atoms. The van der Waals surface area contributed by atoms with Crippen molar-refractivity contribution in [1.29, 1.82) is 0 Å². The first-order valence-corrected chi connectivity index (χ1v) is 6.10. The van der Waals surface area contributed by atoms with Gasteiger partial charge in [-0.15, -0.1) is 0 Å². The summed E-state index contributed by atoms with van der Waals surface area (Å²) in [6.07, 6.45) is -2.99. The zero-order valence-corrected chi connectivity index (χ0v) is 10.1. The molecule has 1 fully saturated rings. The van der Waals surface area contributed by atoms with Crippen LogP contribution in [0.2, 0.25) is 0 Å². The highest BCUT2D eigenvalue weighted by Crippen LogP contribution is 2.34. The molecule has 8 heteroatoms. The molecular formula is C11H13F3N4O. The number of rotatable bonds is 0. The van der Waals surface area contributed by atoms with Crippen molar-refractivity contribution in [3.8, 4) is 5.88 Å². The molecular weight excluding hydrogens is 261 g/mol. The topological polar surface area (TPSA) is 50.3 Å². The number of aromatic nitrogens is 2. The minimum atomic E-state index is -4.50. The Bertz CT molecular complexity index is 479. The van der Waals surface area contributed by atoms with Gasteiger partial charge in [0.2, 0.25) is 0 Å². The summed E-state index contributed by atoms with van der Waals surface area (Å²) in [7, 11) is 0. The van der Waals surface area contributed by atoms with Crippen molar-refractivity contribution in [2.45, 2.75) is 18.6 Å². The molecule has 1 aromatic rings. The molecule has 3 heterocycles. The van der Waals surface area contributed by atoms with Crippen LogP contribution in [0.3, 0.4) is 0 Å². The highest BCUT2D eigenvalue weighted by molar-refractivity contribution is 5.51. The van der Waals surface area contributed by atoms with Crippen LogP contribution in [0.5, 0.6) is 5.88 Å². The van der Waals surface area contributed by atoms with Crippen molar-refractivity contribution in [2.75, 3.05) is 31.1 Å². The normalized spacial score (nSPS) is 23.1. The Labute approximate surface area is 107 Å². The van der Waals surface area contributed by atoms with Crippen molar-refractivity contribution < 1.29 is 17.9 Å². The Hall–Kier alpha value is -1.57. The number of piperazine rings is 1. The second-order valence-electron chi connectivity index (χ2n) is 4.57. The maximum atomic E-state index is 12.6. The van der Waals surface area contributed by atoms with Gasteiger partial charge in [0.15, 0.2) is 11.5 Å². The van der Waals surface area contributed by atoms with Gasteiger partial charge in [-0.1, -0.05) is 0 Å². The molecule has 1 N–H and O–H groups in total. The maximum Gasteiger partial charge on any atom is 0.435 e. The van der Waals surface area contributed by atoms with E-state index in [0.29, 0.717) is 19.0 Å². The van der Waals surface area contributed by atoms with E-state index in [4.69, 9.17) is 4.74 Å². The lowest BCUT2D eigenvalue weighted by Crippen LogP contribution is -2.51. The maximum absolute atomic E-state index is 12.6. The fraction of sp³-hybridized carbons (Fsp3) is 0.636. The standard InChI is InChI=1S/C11H13F3N4O/c12-11(13,14)8-6-16-9-10(17-8)19-4-1-7-5-15-2-3-18(7)9/h6-7,15H,1-5H2. The summed E-state index contributed by atoms with van der Waals surface area (Å²) >= 11 is 0. The molecule has 1 saturated heterocycles. The molecule has 0 saturated carbocycles. The summed E-state index contributed by atoms with van der Waals surface area (Å²) in [6.45, 7) is 2.61. The number of halogens is 3. The Morgan fingerprint density at radius 1 is 1.42 bits per heavy atom. The van der Waals surface area contributed by atoms with Gasteiger partial charge in [-0.2, -0.15) is 13.2 Å². The van der Waals surface area contributed by atoms with Gasteiger partial charge in [-0.25, -0.2) is 9.97 Å². The summed E-state index contributed by atoms with van der Waals surface area (Å²) in [4.78, 5) is 9.46. The zero-order chi connectivity index (χ0) is 13.5. The minimum absolute atomic E-state index is 0.0146. The summed E-state index contributed by atoms with van der Waals surface area (Å²) in [5.41, 5.74) is -1.01. The van der Waals surface area contributed by atoms with Gasteiger partial charge in [-0.3, -0.25) is 0 Å². The molecule has 0 aliphatic carbocycles. The first-order valence-electron chi connectivity index (χ1n) is 6.10. The van der Waals surface area contributed by atoms with Gasteiger partial charge in [0, 0.05) is 32.1 Å². The van der Waals surface area contributed by atoms with Crippen LogP contribution < -0.4 is 15.0 Å². The van der Waals surface area contributed by atoms with E-state index in [0.717, 1.165) is 25.7 Å². The molecule has 1 unspecified atom stereocenters. The molecule has 2 aliphatic rings. The Morgan fingerprint density at radius 3 is 3.05 bits per heavy atom. The van der Waals surface area contributed by atoms with Crippen LogP contribution >= 0.6 is 0 Å². The number of nitrogens with one attached hydrogen (secondary N) is 1. The average Bonchev–Trinajstić information content (AvgIpc) is 2.56. The molecule has 5 nitrogen and oxygen atoms in total. The predicted molar refractivity (Wildman–Crippen MR) is 61.1 cm³/mol.